The van der Waals surface area contributed by atoms with E-state index in [4.69, 9.17) is 9.29 Å². The Morgan fingerprint density at radius 1 is 0.673 bits per heavy atom. The highest BCUT2D eigenvalue weighted by Crippen LogP contribution is 2.33. The van der Waals surface area contributed by atoms with Gasteiger partial charge in [0.05, 0.1) is 57.3 Å². The number of rotatable bonds is 16. The minimum absolute atomic E-state index is 0.00979. The third kappa shape index (κ3) is 11.5. The van der Waals surface area contributed by atoms with Gasteiger partial charge in [-0.3, -0.25) is 9.11 Å². The van der Waals surface area contributed by atoms with Crippen molar-refractivity contribution in [1.29, 1.82) is 0 Å². The molecule has 0 saturated carbocycles. The highest BCUT2D eigenvalue weighted by molar-refractivity contribution is 7.86. The molecule has 0 radical (unpaired) electrons. The molecule has 0 saturated heterocycles. The van der Waals surface area contributed by atoms with E-state index < -0.39 is 37.9 Å². The molecule has 0 amide bonds. The Balaban J connectivity index is 1.36. The van der Waals surface area contributed by atoms with E-state index in [0.29, 0.717) is 22.7 Å². The average molecular weight is 793 g/mol. The maximum absolute atomic E-state index is 11.4. The lowest BCUT2D eigenvalue weighted by molar-refractivity contribution is 0.0696. The number of nitrogens with one attached hydrogen (secondary N) is 3. The third-order valence-corrected chi connectivity index (χ3v) is 8.49. The van der Waals surface area contributed by atoms with Crippen LogP contribution in [0.3, 0.4) is 0 Å². The number of anilines is 5. The van der Waals surface area contributed by atoms with Crippen molar-refractivity contribution in [3.8, 4) is 5.75 Å². The number of nitrogens with zero attached hydrogens (tertiary/aromatic N) is 7. The van der Waals surface area contributed by atoms with Gasteiger partial charge in [0.25, 0.3) is 20.2 Å². The summed E-state index contributed by atoms with van der Waals surface area (Å²) in [5, 5.41) is 43.3. The summed E-state index contributed by atoms with van der Waals surface area (Å²) in [6.07, 6.45) is 0. The van der Waals surface area contributed by atoms with Gasteiger partial charge in [-0.05, 0) is 72.8 Å². The molecule has 0 fully saturated rings. The van der Waals surface area contributed by atoms with Crippen LogP contribution in [0.1, 0.15) is 20.7 Å². The van der Waals surface area contributed by atoms with Gasteiger partial charge in [0, 0.05) is 18.3 Å². The van der Waals surface area contributed by atoms with Gasteiger partial charge in [0.1, 0.15) is 5.75 Å². The zero-order valence-corrected chi connectivity index (χ0v) is 29.7. The summed E-state index contributed by atoms with van der Waals surface area (Å²) < 4.78 is 69.4. The second-order valence-electron chi connectivity index (χ2n) is 11.0. The minimum Gasteiger partial charge on any atom is -0.494 e. The first kappa shape index (κ1) is 39.3. The molecule has 0 atom stereocenters. The van der Waals surface area contributed by atoms with Crippen molar-refractivity contribution in [2.45, 2.75) is 4.90 Å². The summed E-state index contributed by atoms with van der Waals surface area (Å²) in [4.78, 5) is 35.3. The molecule has 0 aliphatic rings. The van der Waals surface area contributed by atoms with Crippen LogP contribution in [0.5, 0.6) is 5.75 Å². The van der Waals surface area contributed by atoms with Crippen LogP contribution < -0.4 is 20.7 Å². The van der Waals surface area contributed by atoms with E-state index in [1.165, 1.54) is 43.5 Å². The number of azo groups is 2. The highest BCUT2D eigenvalue weighted by Gasteiger charge is 2.14. The molecule has 7 N–H and O–H groups in total. The number of carboxylic acids is 2. The largest absolute Gasteiger partial charge is 0.494 e. The van der Waals surface area contributed by atoms with Crippen LogP contribution in [0.25, 0.3) is 0 Å². The Kier molecular flexibility index (Phi) is 12.0. The maximum atomic E-state index is 11.4. The molecule has 0 aliphatic heterocycles. The summed E-state index contributed by atoms with van der Waals surface area (Å²) in [7, 11) is -7.35. The number of carbonyl (C=O) groups is 2. The lowest BCUT2D eigenvalue weighted by Crippen LogP contribution is -2.17. The van der Waals surface area contributed by atoms with Gasteiger partial charge < -0.3 is 30.9 Å². The average Bonchev–Trinajstić information content (AvgIpc) is 3.13. The summed E-state index contributed by atoms with van der Waals surface area (Å²) >= 11 is 0. The summed E-state index contributed by atoms with van der Waals surface area (Å²) in [5.74, 6) is -3.15. The molecular formula is C32H28N10O11S2. The molecule has 55 heavy (non-hydrogen) atoms. The van der Waals surface area contributed by atoms with E-state index in [9.17, 15) is 41.2 Å². The van der Waals surface area contributed by atoms with E-state index >= 15 is 0 Å². The van der Waals surface area contributed by atoms with Crippen molar-refractivity contribution in [3.63, 3.8) is 0 Å². The second-order valence-corrected chi connectivity index (χ2v) is 13.9. The fourth-order valence-electron chi connectivity index (χ4n) is 4.42. The topological polar surface area (TPSA) is 317 Å². The van der Waals surface area contributed by atoms with Crippen LogP contribution in [-0.4, -0.2) is 82.5 Å². The quantitative estimate of drug-likeness (QED) is 0.0435. The summed E-state index contributed by atoms with van der Waals surface area (Å²) in [5.41, 5.74) is 1.09. The molecule has 0 aliphatic carbocycles. The molecule has 1 aromatic heterocycles. The number of benzene rings is 4. The smallest absolute Gasteiger partial charge is 0.335 e. The molecule has 0 spiro atoms. The third-order valence-electron chi connectivity index (χ3n) is 6.92. The Morgan fingerprint density at radius 3 is 1.84 bits per heavy atom. The van der Waals surface area contributed by atoms with Crippen molar-refractivity contribution < 1.29 is 50.5 Å². The standard InChI is InChI=1S/C32H28N10O11S2/c1-53-27-17-23(41-40-22-3-2-4-25(16-22)55(50,51)52)9-10-26(27)35-32-37-30(33-11-12-54(47,48)49)36-31(38-32)34-20-5-7-21(8-6-20)39-42-24-14-18(28(43)44)13-19(15-24)29(45)46/h2-10,13-17H,11-12H2,1H3,(H,43,44)(H,45,46)(H,47,48,49)(H,50,51,52)(H3,33,34,35,36,37,38). The predicted molar refractivity (Wildman–Crippen MR) is 196 cm³/mol. The second kappa shape index (κ2) is 16.8. The number of hydrogen-bond acceptors (Lipinski definition) is 17. The molecule has 1 heterocycles. The zero-order chi connectivity index (χ0) is 39.8. The highest BCUT2D eigenvalue weighted by atomic mass is 32.2. The minimum atomic E-state index is -4.44. The van der Waals surface area contributed by atoms with Gasteiger partial charge in [-0.2, -0.15) is 52.2 Å². The molecule has 21 nitrogen and oxygen atoms in total. The van der Waals surface area contributed by atoms with Gasteiger partial charge in [-0.15, -0.1) is 0 Å². The van der Waals surface area contributed by atoms with Crippen LogP contribution >= 0.6 is 0 Å². The first-order valence-electron chi connectivity index (χ1n) is 15.3. The molecule has 5 rings (SSSR count). The van der Waals surface area contributed by atoms with E-state index in [1.807, 2.05) is 0 Å². The summed E-state index contributed by atoms with van der Waals surface area (Å²) in [6, 6.07) is 19.5. The van der Waals surface area contributed by atoms with Gasteiger partial charge in [-0.25, -0.2) is 9.59 Å². The first-order valence-corrected chi connectivity index (χ1v) is 18.4. The van der Waals surface area contributed by atoms with Gasteiger partial charge in [0.2, 0.25) is 17.8 Å². The van der Waals surface area contributed by atoms with Crippen LogP contribution in [-0.2, 0) is 20.2 Å². The number of methoxy groups -OCH3 is 1. The van der Waals surface area contributed by atoms with Crippen LogP contribution in [0.15, 0.2) is 110 Å². The SMILES string of the molecule is COc1cc(N=Nc2cccc(S(=O)(=O)O)c2)ccc1Nc1nc(NCCS(=O)(=O)O)nc(Nc2ccc(N=Nc3cc(C(=O)O)cc(C(=O)O)c3)cc2)n1. The van der Waals surface area contributed by atoms with Gasteiger partial charge >= 0.3 is 11.9 Å². The Labute approximate surface area is 311 Å². The predicted octanol–water partition coefficient (Wildman–Crippen LogP) is 6.14. The number of ether oxygens (including phenoxy) is 1. The Morgan fingerprint density at radius 2 is 1.24 bits per heavy atom. The van der Waals surface area contributed by atoms with Crippen LogP contribution in [0.4, 0.5) is 52.0 Å². The Bertz CT molecular complexity index is 2500. The van der Waals surface area contributed by atoms with E-state index in [-0.39, 0.29) is 57.5 Å². The Hall–Kier alpha value is -6.95. The number of aromatic carboxylic acids is 2. The molecule has 284 valence electrons. The van der Waals surface area contributed by atoms with Crippen LogP contribution in [0, 0.1) is 0 Å². The molecule has 5 aromatic rings. The summed E-state index contributed by atoms with van der Waals surface area (Å²) in [6.45, 7) is -0.249. The van der Waals surface area contributed by atoms with Crippen molar-refractivity contribution in [2.75, 3.05) is 35.4 Å². The number of aromatic nitrogens is 3. The van der Waals surface area contributed by atoms with Gasteiger partial charge in [-0.1, -0.05) is 6.07 Å². The lowest BCUT2D eigenvalue weighted by Gasteiger charge is -2.13. The fourth-order valence-corrected chi connectivity index (χ4v) is 5.30. The van der Waals surface area contributed by atoms with E-state index in [0.717, 1.165) is 12.1 Å². The van der Waals surface area contributed by atoms with Crippen molar-refractivity contribution in [2.24, 2.45) is 20.5 Å². The van der Waals surface area contributed by atoms with Crippen molar-refractivity contribution >= 4 is 84.1 Å². The number of carboxylic acid groups (broad SMARTS) is 2. The fraction of sp³-hybridized carbons (Fsp3) is 0.0938. The molecule has 0 unspecified atom stereocenters. The van der Waals surface area contributed by atoms with Gasteiger partial charge in [0.15, 0.2) is 0 Å². The number of hydrogen-bond donors (Lipinski definition) is 7. The van der Waals surface area contributed by atoms with Crippen molar-refractivity contribution in [3.05, 3.63) is 96.1 Å². The maximum Gasteiger partial charge on any atom is 0.335 e. The normalized spacial score (nSPS) is 11.8. The first-order chi connectivity index (χ1) is 26.0. The van der Waals surface area contributed by atoms with Crippen molar-refractivity contribution in [1.82, 2.24) is 15.0 Å². The zero-order valence-electron chi connectivity index (χ0n) is 28.1. The molecule has 23 heteroatoms. The lowest BCUT2D eigenvalue weighted by atomic mass is 10.1. The van der Waals surface area contributed by atoms with E-state index in [2.05, 4.69) is 51.4 Å². The van der Waals surface area contributed by atoms with Crippen LogP contribution in [0.2, 0.25) is 0 Å². The molecule has 0 bridgehead atoms. The molecule has 4 aromatic carbocycles. The monoisotopic (exact) mass is 792 g/mol. The molecular weight excluding hydrogens is 765 g/mol. The van der Waals surface area contributed by atoms with E-state index in [1.54, 1.807) is 36.4 Å².